The lowest BCUT2D eigenvalue weighted by atomic mass is 9.86. The number of H-pyrrole nitrogens is 2. The van der Waals surface area contributed by atoms with E-state index in [9.17, 15) is 0 Å². The Balaban J connectivity index is 0.00000176. The third-order valence-electron chi connectivity index (χ3n) is 6.89. The number of hydrazine groups is 1. The zero-order valence-corrected chi connectivity index (χ0v) is 25.4. The number of hydrogen-bond donors (Lipinski definition) is 2. The first kappa shape index (κ1) is 28.9. The molecule has 5 aromatic carbocycles. The molecule has 0 fully saturated rings. The predicted molar refractivity (Wildman–Crippen MR) is 156 cm³/mol. The van der Waals surface area contributed by atoms with Gasteiger partial charge in [-0.2, -0.15) is 10.5 Å². The largest absolute Gasteiger partial charge is 1.00 e. The number of hydrogen-bond acceptors (Lipinski definition) is 5. The minimum atomic E-state index is 0. The number of amidine groups is 1. The first-order valence-corrected chi connectivity index (χ1v) is 13.1. The van der Waals surface area contributed by atoms with E-state index in [1.54, 1.807) is 0 Å². The number of nitrogens with zero attached hydrogens (tertiary/aromatic N) is 5. The highest BCUT2D eigenvalue weighted by molar-refractivity contribution is 6.07. The molecule has 1 aliphatic heterocycles. The Morgan fingerprint density at radius 2 is 1.07 bits per heavy atom. The van der Waals surface area contributed by atoms with Crippen LogP contribution in [0.3, 0.4) is 0 Å². The predicted octanol–water partition coefficient (Wildman–Crippen LogP) is -1.29. The van der Waals surface area contributed by atoms with E-state index < -0.39 is 0 Å². The monoisotopic (exact) mass is 680 g/mol. The summed E-state index contributed by atoms with van der Waals surface area (Å²) >= 11 is 0. The summed E-state index contributed by atoms with van der Waals surface area (Å²) in [5.74, 6) is 1.51. The SMILES string of the molecule is [Br-].[Br-].c1ccc(-c2c(C3=NN(c4ccccc4)N(c4ccccc4)[NH2+]3)ccc(-c3nn[nH][nH+]3)c2-c2ccccc2)cc1. The highest BCUT2D eigenvalue weighted by atomic mass is 79.9. The average Bonchev–Trinajstić information content (AvgIpc) is 3.73. The number of anilines is 2. The molecule has 0 unspecified atom stereocenters. The van der Waals surface area contributed by atoms with Gasteiger partial charge in [0.1, 0.15) is 10.8 Å². The molecule has 0 saturated carbocycles. The fourth-order valence-corrected chi connectivity index (χ4v) is 5.10. The van der Waals surface area contributed by atoms with Crippen LogP contribution in [0.4, 0.5) is 11.4 Å². The van der Waals surface area contributed by atoms with Crippen molar-refractivity contribution in [2.75, 3.05) is 10.2 Å². The van der Waals surface area contributed by atoms with Crippen LogP contribution in [-0.2, 0) is 0 Å². The Bertz CT molecular complexity index is 1770. The van der Waals surface area contributed by atoms with Gasteiger partial charge in [0.15, 0.2) is 5.21 Å². The molecule has 4 N–H and O–H groups in total. The van der Waals surface area contributed by atoms with Crippen LogP contribution >= 0.6 is 0 Å². The number of quaternary nitrogens is 1. The van der Waals surface area contributed by atoms with Crippen molar-refractivity contribution in [2.45, 2.75) is 0 Å². The second-order valence-corrected chi connectivity index (χ2v) is 9.35. The van der Waals surface area contributed by atoms with Crippen molar-refractivity contribution in [3.8, 4) is 33.6 Å². The molecule has 2 heterocycles. The molecule has 0 spiro atoms. The Morgan fingerprint density at radius 3 is 1.62 bits per heavy atom. The summed E-state index contributed by atoms with van der Waals surface area (Å²) in [6.45, 7) is 0. The molecule has 0 aliphatic carbocycles. The zero-order chi connectivity index (χ0) is 26.7. The lowest BCUT2D eigenvalue weighted by molar-refractivity contribution is -0.545. The number of benzene rings is 5. The van der Waals surface area contributed by atoms with Crippen molar-refractivity contribution in [3.05, 3.63) is 139 Å². The second kappa shape index (κ2) is 12.9. The molecule has 10 heteroatoms. The van der Waals surface area contributed by atoms with E-state index >= 15 is 0 Å². The van der Waals surface area contributed by atoms with Crippen molar-refractivity contribution in [2.24, 2.45) is 5.10 Å². The van der Waals surface area contributed by atoms with Gasteiger partial charge in [0.05, 0.1) is 16.8 Å². The van der Waals surface area contributed by atoms with E-state index in [4.69, 9.17) is 5.10 Å². The number of hydrazone groups is 1. The van der Waals surface area contributed by atoms with Crippen LogP contribution < -0.4 is 54.7 Å². The molecule has 8 nitrogen and oxygen atoms in total. The van der Waals surface area contributed by atoms with Gasteiger partial charge in [0.25, 0.3) is 5.84 Å². The standard InChI is InChI=1S/C32H24N8.2BrH/c1-5-13-23(14-6-1)29-27(31-33-37-38-34-31)21-22-28(30(29)24-15-7-2-8-16-24)32-35-39(25-17-9-3-10-18-25)40(36-32)26-19-11-4-12-20-26;;/h1-22H,(H,35,36)(H,33,34,37,38);2*1H. The van der Waals surface area contributed by atoms with Crippen molar-refractivity contribution in [3.63, 3.8) is 0 Å². The molecule has 42 heavy (non-hydrogen) atoms. The fraction of sp³-hybridized carbons (Fsp3) is 0. The second-order valence-electron chi connectivity index (χ2n) is 9.35. The topological polar surface area (TPSA) is 91.2 Å². The van der Waals surface area contributed by atoms with Crippen molar-refractivity contribution < 1.29 is 44.5 Å². The highest BCUT2D eigenvalue weighted by Crippen LogP contribution is 2.41. The maximum absolute atomic E-state index is 5.18. The first-order chi connectivity index (χ1) is 19.9. The number of rotatable bonds is 6. The maximum Gasteiger partial charge on any atom is 0.330 e. The minimum absolute atomic E-state index is 0. The summed E-state index contributed by atoms with van der Waals surface area (Å²) in [5.41, 5.74) is 10.3. The molecule has 0 saturated heterocycles. The fourth-order valence-electron chi connectivity index (χ4n) is 5.10. The molecule has 0 amide bonds. The van der Waals surface area contributed by atoms with E-state index in [1.807, 2.05) is 53.6 Å². The molecule has 1 aliphatic rings. The van der Waals surface area contributed by atoms with Crippen molar-refractivity contribution >= 4 is 17.2 Å². The van der Waals surface area contributed by atoms with Crippen LogP contribution in [0.1, 0.15) is 5.56 Å². The van der Waals surface area contributed by atoms with Gasteiger partial charge in [-0.05, 0) is 47.5 Å². The molecule has 0 atom stereocenters. The lowest BCUT2D eigenvalue weighted by Gasteiger charge is -2.23. The van der Waals surface area contributed by atoms with Crippen molar-refractivity contribution in [1.29, 1.82) is 0 Å². The first-order valence-electron chi connectivity index (χ1n) is 13.1. The Labute approximate surface area is 264 Å². The number of para-hydroxylation sites is 2. The number of aromatic nitrogens is 4. The summed E-state index contributed by atoms with van der Waals surface area (Å²) in [5, 5.41) is 23.3. The van der Waals surface area contributed by atoms with Gasteiger partial charge in [-0.1, -0.05) is 107 Å². The number of tetrazole rings is 1. The maximum atomic E-state index is 5.18. The van der Waals surface area contributed by atoms with Crippen molar-refractivity contribution in [1.82, 2.24) is 15.5 Å². The van der Waals surface area contributed by atoms with E-state index in [0.717, 1.165) is 50.6 Å². The van der Waals surface area contributed by atoms with E-state index in [1.165, 1.54) is 0 Å². The highest BCUT2D eigenvalue weighted by Gasteiger charge is 2.34. The van der Waals surface area contributed by atoms with Gasteiger partial charge in [-0.15, -0.1) is 10.2 Å². The molecular weight excluding hydrogens is 656 g/mol. The minimum Gasteiger partial charge on any atom is -1.00 e. The number of nitrogens with one attached hydrogen (secondary N) is 2. The molecule has 0 radical (unpaired) electrons. The zero-order valence-electron chi connectivity index (χ0n) is 22.3. The van der Waals surface area contributed by atoms with Gasteiger partial charge in [-0.3, -0.25) is 0 Å². The van der Waals surface area contributed by atoms with Gasteiger partial charge in [0, 0.05) is 11.1 Å². The summed E-state index contributed by atoms with van der Waals surface area (Å²) < 4.78 is 0. The quantitative estimate of drug-likeness (QED) is 0.214. The van der Waals surface area contributed by atoms with Crippen LogP contribution in [0.25, 0.3) is 33.6 Å². The molecular formula is C32H26Br2N8. The summed E-state index contributed by atoms with van der Waals surface area (Å²) in [7, 11) is 0. The molecule has 7 rings (SSSR count). The normalized spacial score (nSPS) is 12.3. The van der Waals surface area contributed by atoms with E-state index in [-0.39, 0.29) is 34.0 Å². The number of aromatic amines is 2. The van der Waals surface area contributed by atoms with Crippen LogP contribution in [0.2, 0.25) is 0 Å². The smallest absolute Gasteiger partial charge is 0.330 e. The third-order valence-corrected chi connectivity index (χ3v) is 6.89. The van der Waals surface area contributed by atoms with Gasteiger partial charge >= 0.3 is 5.82 Å². The van der Waals surface area contributed by atoms with Crippen LogP contribution in [0, 0.1) is 0 Å². The Hall–Kier alpha value is -4.64. The van der Waals surface area contributed by atoms with E-state index in [2.05, 4.69) is 116 Å². The molecule has 208 valence electrons. The van der Waals surface area contributed by atoms with Crippen LogP contribution in [0.5, 0.6) is 0 Å². The number of nitrogens with two attached hydrogens (primary N) is 1. The van der Waals surface area contributed by atoms with E-state index in [0.29, 0.717) is 5.82 Å². The average molecular weight is 682 g/mol. The Kier molecular flexibility index (Phi) is 8.87. The summed E-state index contributed by atoms with van der Waals surface area (Å²) in [6, 6.07) is 45.5. The molecule has 6 aromatic rings. The summed E-state index contributed by atoms with van der Waals surface area (Å²) in [6.07, 6.45) is 0. The van der Waals surface area contributed by atoms with Gasteiger partial charge in [-0.25, -0.2) is 0 Å². The lowest BCUT2D eigenvalue weighted by Crippen LogP contribution is -3.00. The molecule has 1 aromatic heterocycles. The Morgan fingerprint density at radius 1 is 0.571 bits per heavy atom. The molecule has 0 bridgehead atoms. The summed E-state index contributed by atoms with van der Waals surface area (Å²) in [4.78, 5) is 0. The van der Waals surface area contributed by atoms with Crippen LogP contribution in [0.15, 0.2) is 139 Å². The number of halogens is 2. The van der Waals surface area contributed by atoms with Gasteiger partial charge in [0.2, 0.25) is 0 Å². The third kappa shape index (κ3) is 5.47. The van der Waals surface area contributed by atoms with Gasteiger partial charge < -0.3 is 34.0 Å². The van der Waals surface area contributed by atoms with Crippen LogP contribution in [-0.4, -0.2) is 21.4 Å².